The lowest BCUT2D eigenvalue weighted by Gasteiger charge is -2.10. The summed E-state index contributed by atoms with van der Waals surface area (Å²) in [5.74, 6) is 0.594. The SMILES string of the molecule is Cc1ccccc1NC(=O)CSc1nnc2[nH]c(=O)cc(C(C)C)n12. The Labute approximate surface area is 148 Å². The number of aromatic amines is 1. The first kappa shape index (κ1) is 17.2. The molecule has 0 spiro atoms. The molecule has 0 radical (unpaired) electrons. The van der Waals surface area contributed by atoms with Gasteiger partial charge in [-0.1, -0.05) is 43.8 Å². The fourth-order valence-corrected chi connectivity index (χ4v) is 3.23. The van der Waals surface area contributed by atoms with Crippen LogP contribution in [-0.2, 0) is 4.79 Å². The smallest absolute Gasteiger partial charge is 0.252 e. The number of nitrogens with zero attached hydrogens (tertiary/aromatic N) is 3. The second kappa shape index (κ2) is 7.10. The molecule has 2 N–H and O–H groups in total. The van der Waals surface area contributed by atoms with E-state index in [9.17, 15) is 9.59 Å². The van der Waals surface area contributed by atoms with E-state index in [0.717, 1.165) is 16.9 Å². The van der Waals surface area contributed by atoms with Crippen LogP contribution in [0.15, 0.2) is 40.3 Å². The van der Waals surface area contributed by atoms with E-state index in [4.69, 9.17) is 0 Å². The third-order valence-corrected chi connectivity index (χ3v) is 4.68. The van der Waals surface area contributed by atoms with Gasteiger partial charge in [-0.2, -0.15) is 0 Å². The van der Waals surface area contributed by atoms with Crippen LogP contribution in [0.3, 0.4) is 0 Å². The molecule has 2 heterocycles. The Kier molecular flexibility index (Phi) is 4.89. The normalized spacial score (nSPS) is 11.2. The summed E-state index contributed by atoms with van der Waals surface area (Å²) in [5.41, 5.74) is 2.41. The van der Waals surface area contributed by atoms with Crippen molar-refractivity contribution < 1.29 is 4.79 Å². The Hall–Kier alpha value is -2.61. The number of hydrogen-bond acceptors (Lipinski definition) is 5. The van der Waals surface area contributed by atoms with Gasteiger partial charge in [-0.05, 0) is 24.5 Å². The van der Waals surface area contributed by atoms with Gasteiger partial charge < -0.3 is 5.32 Å². The van der Waals surface area contributed by atoms with Crippen molar-refractivity contribution >= 4 is 29.1 Å². The first-order chi connectivity index (χ1) is 12.0. The van der Waals surface area contributed by atoms with Crippen LogP contribution >= 0.6 is 11.8 Å². The zero-order valence-corrected chi connectivity index (χ0v) is 15.1. The number of amides is 1. The molecule has 130 valence electrons. The van der Waals surface area contributed by atoms with Crippen LogP contribution in [-0.4, -0.2) is 31.2 Å². The summed E-state index contributed by atoms with van der Waals surface area (Å²) in [7, 11) is 0. The summed E-state index contributed by atoms with van der Waals surface area (Å²) in [6, 6.07) is 9.16. The summed E-state index contributed by atoms with van der Waals surface area (Å²) in [6.07, 6.45) is 0. The molecule has 0 aliphatic rings. The molecule has 3 aromatic rings. The number of carbonyl (C=O) groups is 1. The highest BCUT2D eigenvalue weighted by atomic mass is 32.2. The molecule has 0 saturated carbocycles. The Morgan fingerprint density at radius 2 is 2.08 bits per heavy atom. The fraction of sp³-hybridized carbons (Fsp3) is 0.294. The van der Waals surface area contributed by atoms with E-state index in [1.807, 2.05) is 45.0 Å². The first-order valence-electron chi connectivity index (χ1n) is 7.92. The van der Waals surface area contributed by atoms with E-state index in [2.05, 4.69) is 20.5 Å². The molecule has 2 aromatic heterocycles. The first-order valence-corrected chi connectivity index (χ1v) is 8.91. The molecule has 3 rings (SSSR count). The zero-order chi connectivity index (χ0) is 18.0. The minimum absolute atomic E-state index is 0.119. The van der Waals surface area contributed by atoms with Crippen LogP contribution in [0.5, 0.6) is 0 Å². The van der Waals surface area contributed by atoms with Gasteiger partial charge in [-0.25, -0.2) is 0 Å². The maximum atomic E-state index is 12.2. The average molecular weight is 357 g/mol. The summed E-state index contributed by atoms with van der Waals surface area (Å²) < 4.78 is 1.79. The number of rotatable bonds is 5. The van der Waals surface area contributed by atoms with Gasteiger partial charge in [0.1, 0.15) is 0 Å². The molecule has 1 aromatic carbocycles. The van der Waals surface area contributed by atoms with Crippen LogP contribution in [0, 0.1) is 6.92 Å². The number of thioether (sulfide) groups is 1. The Morgan fingerprint density at radius 3 is 2.80 bits per heavy atom. The highest BCUT2D eigenvalue weighted by Gasteiger charge is 2.15. The van der Waals surface area contributed by atoms with Gasteiger partial charge in [0, 0.05) is 17.4 Å². The molecule has 0 fully saturated rings. The summed E-state index contributed by atoms with van der Waals surface area (Å²) in [4.78, 5) is 26.6. The number of benzene rings is 1. The Balaban J connectivity index is 1.78. The van der Waals surface area contributed by atoms with Crippen molar-refractivity contribution in [2.75, 3.05) is 11.1 Å². The van der Waals surface area contributed by atoms with Crippen molar-refractivity contribution in [3.05, 3.63) is 51.9 Å². The van der Waals surface area contributed by atoms with Gasteiger partial charge in [-0.15, -0.1) is 10.2 Å². The summed E-state index contributed by atoms with van der Waals surface area (Å²) >= 11 is 1.28. The minimum atomic E-state index is -0.211. The van der Waals surface area contributed by atoms with E-state index in [-0.39, 0.29) is 23.1 Å². The predicted octanol–water partition coefficient (Wildman–Crippen LogP) is 2.58. The number of carbonyl (C=O) groups excluding carboxylic acids is 1. The van der Waals surface area contributed by atoms with Crippen LogP contribution in [0.4, 0.5) is 5.69 Å². The number of fused-ring (bicyclic) bond motifs is 1. The highest BCUT2D eigenvalue weighted by Crippen LogP contribution is 2.22. The number of para-hydroxylation sites is 1. The lowest BCUT2D eigenvalue weighted by Crippen LogP contribution is -2.16. The predicted molar refractivity (Wildman–Crippen MR) is 98.2 cm³/mol. The number of nitrogens with one attached hydrogen (secondary N) is 2. The maximum absolute atomic E-state index is 12.2. The summed E-state index contributed by atoms with van der Waals surface area (Å²) in [6.45, 7) is 5.93. The van der Waals surface area contributed by atoms with Crippen molar-refractivity contribution in [3.63, 3.8) is 0 Å². The Bertz CT molecular complexity index is 977. The molecule has 25 heavy (non-hydrogen) atoms. The van der Waals surface area contributed by atoms with Crippen molar-refractivity contribution in [3.8, 4) is 0 Å². The van der Waals surface area contributed by atoms with Crippen LogP contribution in [0.1, 0.15) is 31.0 Å². The minimum Gasteiger partial charge on any atom is -0.325 e. The number of aromatic nitrogens is 4. The molecule has 0 bridgehead atoms. The van der Waals surface area contributed by atoms with E-state index in [1.54, 1.807) is 10.5 Å². The number of anilines is 1. The molecule has 0 aliphatic carbocycles. The molecular formula is C17H19N5O2S. The van der Waals surface area contributed by atoms with Crippen LogP contribution < -0.4 is 10.9 Å². The molecular weight excluding hydrogens is 338 g/mol. The Morgan fingerprint density at radius 1 is 1.32 bits per heavy atom. The molecule has 8 heteroatoms. The van der Waals surface area contributed by atoms with Gasteiger partial charge in [0.05, 0.1) is 5.75 Å². The third kappa shape index (κ3) is 3.74. The van der Waals surface area contributed by atoms with E-state index in [1.165, 1.54) is 11.8 Å². The number of hydrogen-bond donors (Lipinski definition) is 2. The maximum Gasteiger partial charge on any atom is 0.252 e. The van der Waals surface area contributed by atoms with Gasteiger partial charge >= 0.3 is 0 Å². The standard InChI is InChI=1S/C17H19N5O2S/c1-10(2)13-8-14(23)19-16-20-21-17(22(13)16)25-9-15(24)18-12-7-5-4-6-11(12)3/h4-8,10H,9H2,1-3H3,(H,18,24)(H,19,20,23). The van der Waals surface area contributed by atoms with Crippen molar-refractivity contribution in [2.45, 2.75) is 31.8 Å². The number of H-pyrrole nitrogens is 1. The quantitative estimate of drug-likeness (QED) is 0.685. The molecule has 1 amide bonds. The van der Waals surface area contributed by atoms with E-state index < -0.39 is 0 Å². The van der Waals surface area contributed by atoms with E-state index >= 15 is 0 Å². The van der Waals surface area contributed by atoms with Crippen LogP contribution in [0.2, 0.25) is 0 Å². The van der Waals surface area contributed by atoms with Crippen molar-refractivity contribution in [1.82, 2.24) is 19.6 Å². The lowest BCUT2D eigenvalue weighted by atomic mass is 10.1. The average Bonchev–Trinajstić information content (AvgIpc) is 2.97. The summed E-state index contributed by atoms with van der Waals surface area (Å²) in [5, 5.41) is 11.6. The highest BCUT2D eigenvalue weighted by molar-refractivity contribution is 7.99. The second-order valence-electron chi connectivity index (χ2n) is 6.01. The molecule has 0 atom stereocenters. The monoisotopic (exact) mass is 357 g/mol. The second-order valence-corrected chi connectivity index (χ2v) is 6.95. The fourth-order valence-electron chi connectivity index (χ4n) is 2.48. The van der Waals surface area contributed by atoms with Crippen LogP contribution in [0.25, 0.3) is 5.78 Å². The van der Waals surface area contributed by atoms with Gasteiger partial charge in [0.15, 0.2) is 5.16 Å². The van der Waals surface area contributed by atoms with Gasteiger partial charge in [0.2, 0.25) is 11.7 Å². The molecule has 7 nitrogen and oxygen atoms in total. The van der Waals surface area contributed by atoms with Gasteiger partial charge in [0.25, 0.3) is 5.56 Å². The molecule has 0 unspecified atom stereocenters. The third-order valence-electron chi connectivity index (χ3n) is 3.75. The number of aryl methyl sites for hydroxylation is 1. The molecule has 0 aliphatic heterocycles. The lowest BCUT2D eigenvalue weighted by molar-refractivity contribution is -0.113. The van der Waals surface area contributed by atoms with Gasteiger partial charge in [-0.3, -0.25) is 19.0 Å². The largest absolute Gasteiger partial charge is 0.325 e. The van der Waals surface area contributed by atoms with E-state index in [0.29, 0.717) is 10.9 Å². The van der Waals surface area contributed by atoms with Crippen molar-refractivity contribution in [2.24, 2.45) is 0 Å². The molecule has 0 saturated heterocycles. The van der Waals surface area contributed by atoms with Crippen molar-refractivity contribution in [1.29, 1.82) is 0 Å². The topological polar surface area (TPSA) is 92.2 Å². The zero-order valence-electron chi connectivity index (χ0n) is 14.2.